The average Bonchev–Trinajstić information content (AvgIpc) is 3.05. The minimum absolute atomic E-state index is 0.0220. The first-order valence-electron chi connectivity index (χ1n) is 14.8. The second kappa shape index (κ2) is 15.7. The summed E-state index contributed by atoms with van der Waals surface area (Å²) in [5.41, 5.74) is 1.55. The SMILES string of the molecule is COc1ccc(S(=O)(=O)N(CC(=O)N(Cc2cccc(Cl)c2)[C@H](Cc2ccccc2)C(=O)NCC(C)C)c2ccc(F)cc2)cc1. The van der Waals surface area contributed by atoms with E-state index in [1.807, 2.05) is 44.2 Å². The molecule has 0 aliphatic carbocycles. The van der Waals surface area contributed by atoms with Crippen molar-refractivity contribution in [3.8, 4) is 5.75 Å². The summed E-state index contributed by atoms with van der Waals surface area (Å²) in [6, 6.07) is 25.8. The van der Waals surface area contributed by atoms with Gasteiger partial charge >= 0.3 is 0 Å². The summed E-state index contributed by atoms with van der Waals surface area (Å²) in [4.78, 5) is 29.5. The number of carbonyl (C=O) groups is 2. The van der Waals surface area contributed by atoms with Crippen molar-refractivity contribution >= 4 is 39.1 Å². The number of hydrogen-bond donors (Lipinski definition) is 1. The number of nitrogens with one attached hydrogen (secondary N) is 1. The topological polar surface area (TPSA) is 96.0 Å². The molecule has 11 heteroatoms. The molecule has 242 valence electrons. The molecule has 0 bridgehead atoms. The number of benzene rings is 4. The summed E-state index contributed by atoms with van der Waals surface area (Å²) in [5, 5.41) is 3.40. The van der Waals surface area contributed by atoms with Crippen LogP contribution in [0.3, 0.4) is 0 Å². The molecule has 0 saturated carbocycles. The van der Waals surface area contributed by atoms with Crippen LogP contribution in [0.25, 0.3) is 0 Å². The van der Waals surface area contributed by atoms with Crippen LogP contribution in [-0.4, -0.2) is 51.4 Å². The first kappa shape index (κ1) is 34.5. The smallest absolute Gasteiger partial charge is 0.264 e. The van der Waals surface area contributed by atoms with Gasteiger partial charge in [-0.25, -0.2) is 12.8 Å². The molecule has 0 radical (unpaired) electrons. The van der Waals surface area contributed by atoms with Gasteiger partial charge in [0.15, 0.2) is 0 Å². The number of amides is 2. The Kier molecular flexibility index (Phi) is 11.8. The summed E-state index contributed by atoms with van der Waals surface area (Å²) in [6.45, 7) is 3.63. The molecule has 4 aromatic rings. The van der Waals surface area contributed by atoms with E-state index in [4.69, 9.17) is 16.3 Å². The zero-order valence-electron chi connectivity index (χ0n) is 25.9. The van der Waals surface area contributed by atoms with Crippen molar-refractivity contribution in [2.45, 2.75) is 37.8 Å². The molecule has 0 aliphatic rings. The number of anilines is 1. The van der Waals surface area contributed by atoms with E-state index < -0.39 is 34.3 Å². The summed E-state index contributed by atoms with van der Waals surface area (Å²) in [6.07, 6.45) is 0.179. The van der Waals surface area contributed by atoms with Gasteiger partial charge in [0.25, 0.3) is 10.0 Å². The first-order chi connectivity index (χ1) is 22.0. The molecule has 1 N–H and O–H groups in total. The fourth-order valence-electron chi connectivity index (χ4n) is 4.82. The summed E-state index contributed by atoms with van der Waals surface area (Å²) >= 11 is 6.28. The van der Waals surface area contributed by atoms with Crippen LogP contribution in [0.1, 0.15) is 25.0 Å². The number of ether oxygens (including phenoxy) is 1. The number of carbonyl (C=O) groups excluding carboxylic acids is 2. The van der Waals surface area contributed by atoms with Gasteiger partial charge in [0.1, 0.15) is 24.2 Å². The van der Waals surface area contributed by atoms with E-state index in [1.54, 1.807) is 24.3 Å². The Morgan fingerprint density at radius 3 is 2.15 bits per heavy atom. The van der Waals surface area contributed by atoms with Gasteiger partial charge in [0, 0.05) is 24.5 Å². The van der Waals surface area contributed by atoms with Gasteiger partial charge in [-0.1, -0.05) is 67.9 Å². The third-order valence-electron chi connectivity index (χ3n) is 7.24. The van der Waals surface area contributed by atoms with Crippen LogP contribution >= 0.6 is 11.6 Å². The molecule has 4 rings (SSSR count). The van der Waals surface area contributed by atoms with Gasteiger partial charge in [-0.2, -0.15) is 0 Å². The molecule has 0 spiro atoms. The van der Waals surface area contributed by atoms with E-state index in [1.165, 1.54) is 48.4 Å². The lowest BCUT2D eigenvalue weighted by Gasteiger charge is -2.34. The van der Waals surface area contributed by atoms with Crippen molar-refractivity contribution in [3.05, 3.63) is 125 Å². The molecule has 0 saturated heterocycles. The van der Waals surface area contributed by atoms with Crippen LogP contribution in [0.15, 0.2) is 108 Å². The van der Waals surface area contributed by atoms with Crippen molar-refractivity contribution in [1.82, 2.24) is 10.2 Å². The molecule has 0 heterocycles. The minimum Gasteiger partial charge on any atom is -0.497 e. The van der Waals surface area contributed by atoms with Gasteiger partial charge in [-0.05, 0) is 77.7 Å². The molecule has 1 atom stereocenters. The Morgan fingerprint density at radius 2 is 1.54 bits per heavy atom. The van der Waals surface area contributed by atoms with E-state index in [0.717, 1.165) is 22.0 Å². The van der Waals surface area contributed by atoms with Crippen molar-refractivity contribution < 1.29 is 27.1 Å². The molecular weight excluding hydrogens is 629 g/mol. The summed E-state index contributed by atoms with van der Waals surface area (Å²) in [5.74, 6) is -0.972. The van der Waals surface area contributed by atoms with Crippen LogP contribution in [-0.2, 0) is 32.6 Å². The first-order valence-corrected chi connectivity index (χ1v) is 16.6. The highest BCUT2D eigenvalue weighted by atomic mass is 35.5. The zero-order valence-corrected chi connectivity index (χ0v) is 27.5. The highest BCUT2D eigenvalue weighted by Crippen LogP contribution is 2.27. The number of methoxy groups -OCH3 is 1. The Hall–Kier alpha value is -4.41. The van der Waals surface area contributed by atoms with E-state index in [2.05, 4.69) is 5.32 Å². The second-order valence-corrected chi connectivity index (χ2v) is 13.5. The number of hydrogen-bond acceptors (Lipinski definition) is 5. The van der Waals surface area contributed by atoms with Crippen LogP contribution in [0.5, 0.6) is 5.75 Å². The normalized spacial score (nSPS) is 12.0. The van der Waals surface area contributed by atoms with Crippen molar-refractivity contribution in [2.24, 2.45) is 5.92 Å². The standard InChI is InChI=1S/C35H37ClFN3O5S/c1-25(2)22-38-35(42)33(21-26-8-5-4-6-9-26)39(23-27-10-7-11-28(36)20-27)34(41)24-40(30-14-12-29(37)13-15-30)46(43,44)32-18-16-31(45-3)17-19-32/h4-20,25,33H,21-24H2,1-3H3,(H,38,42)/t33-/m1/s1. The molecule has 46 heavy (non-hydrogen) atoms. The highest BCUT2D eigenvalue weighted by Gasteiger charge is 2.34. The number of halogens is 2. The molecule has 0 fully saturated rings. The molecule has 0 aliphatic heterocycles. The zero-order chi connectivity index (χ0) is 33.3. The second-order valence-electron chi connectivity index (χ2n) is 11.2. The van der Waals surface area contributed by atoms with Gasteiger partial charge < -0.3 is 15.0 Å². The average molecular weight is 666 g/mol. The van der Waals surface area contributed by atoms with Gasteiger partial charge in [0.05, 0.1) is 17.7 Å². The molecule has 2 amide bonds. The lowest BCUT2D eigenvalue weighted by atomic mass is 10.0. The van der Waals surface area contributed by atoms with Crippen LogP contribution in [0, 0.1) is 11.7 Å². The number of sulfonamides is 1. The predicted octanol–water partition coefficient (Wildman–Crippen LogP) is 6.10. The molecule has 8 nitrogen and oxygen atoms in total. The lowest BCUT2D eigenvalue weighted by Crippen LogP contribution is -2.53. The van der Waals surface area contributed by atoms with E-state index in [0.29, 0.717) is 22.9 Å². The number of nitrogens with zero attached hydrogens (tertiary/aromatic N) is 2. The van der Waals surface area contributed by atoms with Crippen molar-refractivity contribution in [1.29, 1.82) is 0 Å². The van der Waals surface area contributed by atoms with Crippen LogP contribution < -0.4 is 14.4 Å². The summed E-state index contributed by atoms with van der Waals surface area (Å²) in [7, 11) is -2.88. The quantitative estimate of drug-likeness (QED) is 0.176. The van der Waals surface area contributed by atoms with Gasteiger partial charge in [-0.3, -0.25) is 13.9 Å². The summed E-state index contributed by atoms with van der Waals surface area (Å²) < 4.78 is 48.2. The fraction of sp³-hybridized carbons (Fsp3) is 0.257. The molecular formula is C35H37ClFN3O5S. The maximum atomic E-state index is 14.4. The van der Waals surface area contributed by atoms with Gasteiger partial charge in [0.2, 0.25) is 11.8 Å². The monoisotopic (exact) mass is 665 g/mol. The Labute approximate surface area is 274 Å². The van der Waals surface area contributed by atoms with E-state index in [-0.39, 0.29) is 35.4 Å². The molecule has 4 aromatic carbocycles. The Balaban J connectivity index is 1.79. The Bertz CT molecular complexity index is 1720. The largest absolute Gasteiger partial charge is 0.497 e. The minimum atomic E-state index is -4.34. The van der Waals surface area contributed by atoms with Crippen LogP contribution in [0.4, 0.5) is 10.1 Å². The van der Waals surface area contributed by atoms with Crippen LogP contribution in [0.2, 0.25) is 5.02 Å². The maximum absolute atomic E-state index is 14.4. The molecule has 0 unspecified atom stereocenters. The third kappa shape index (κ3) is 9.08. The maximum Gasteiger partial charge on any atom is 0.264 e. The molecule has 0 aromatic heterocycles. The fourth-order valence-corrected chi connectivity index (χ4v) is 6.45. The third-order valence-corrected chi connectivity index (χ3v) is 9.26. The highest BCUT2D eigenvalue weighted by molar-refractivity contribution is 7.92. The van der Waals surface area contributed by atoms with E-state index >= 15 is 0 Å². The number of rotatable bonds is 14. The van der Waals surface area contributed by atoms with Crippen molar-refractivity contribution in [3.63, 3.8) is 0 Å². The van der Waals surface area contributed by atoms with E-state index in [9.17, 15) is 22.4 Å². The lowest BCUT2D eigenvalue weighted by molar-refractivity contribution is -0.140. The Morgan fingerprint density at radius 1 is 0.891 bits per heavy atom. The van der Waals surface area contributed by atoms with Gasteiger partial charge in [-0.15, -0.1) is 0 Å². The predicted molar refractivity (Wildman–Crippen MR) is 178 cm³/mol. The van der Waals surface area contributed by atoms with Crippen molar-refractivity contribution in [2.75, 3.05) is 24.5 Å².